The Morgan fingerprint density at radius 2 is 0.656 bits per heavy atom. The molecule has 0 heterocycles. The molecule has 0 saturated heterocycles. The van der Waals surface area contributed by atoms with Gasteiger partial charge >= 0.3 is 17.9 Å². The molecule has 0 aromatic heterocycles. The van der Waals surface area contributed by atoms with Gasteiger partial charge in [-0.2, -0.15) is 0 Å². The Hall–Kier alpha value is -3.15. The molecular weight excluding hydrogens is 757 g/mol. The van der Waals surface area contributed by atoms with Crippen LogP contribution in [0.4, 0.5) is 0 Å². The third-order valence-electron chi connectivity index (χ3n) is 10.7. The number of carbonyl (C=O) groups excluding carboxylic acids is 3. The first-order valence-electron chi connectivity index (χ1n) is 25.4. The highest BCUT2D eigenvalue weighted by Gasteiger charge is 2.19. The molecular formula is C55H94O6. The largest absolute Gasteiger partial charge is 0.462 e. The molecule has 0 aliphatic rings. The van der Waals surface area contributed by atoms with E-state index in [1.807, 2.05) is 0 Å². The fourth-order valence-corrected chi connectivity index (χ4v) is 6.82. The van der Waals surface area contributed by atoms with Gasteiger partial charge in [0.05, 0.1) is 0 Å². The van der Waals surface area contributed by atoms with Crippen molar-refractivity contribution in [2.45, 2.75) is 245 Å². The van der Waals surface area contributed by atoms with Gasteiger partial charge in [-0.3, -0.25) is 14.4 Å². The maximum Gasteiger partial charge on any atom is 0.306 e. The molecule has 0 saturated carbocycles. The maximum atomic E-state index is 12.8. The number of esters is 3. The van der Waals surface area contributed by atoms with Crippen LogP contribution in [-0.2, 0) is 28.6 Å². The standard InChI is InChI=1S/C55H94O6/c1-4-7-10-13-16-19-22-24-26-27-29-30-33-36-39-42-45-48-54(57)60-51-52(50-59-53(56)47-44-41-38-35-32-21-18-15-12-9-6-3)61-55(58)49-46-43-40-37-34-31-28-25-23-20-17-14-11-8-5-2/h8,11,15,17-18,20,24-26,28,34,37,52H,4-7,9-10,12-14,16,19,21-23,27,29-33,35-36,38-51H2,1-3H3/b11-8-,18-15-,20-17-,26-24-,28-25-,37-34-/t52-/m0/s1. The van der Waals surface area contributed by atoms with Crippen LogP contribution in [0.2, 0.25) is 0 Å². The fourth-order valence-electron chi connectivity index (χ4n) is 6.82. The Morgan fingerprint density at radius 3 is 1.10 bits per heavy atom. The first kappa shape index (κ1) is 57.9. The van der Waals surface area contributed by atoms with Crippen molar-refractivity contribution in [3.63, 3.8) is 0 Å². The first-order chi connectivity index (χ1) is 30.0. The molecule has 0 fully saturated rings. The van der Waals surface area contributed by atoms with Crippen LogP contribution in [0.25, 0.3) is 0 Å². The van der Waals surface area contributed by atoms with E-state index in [2.05, 4.69) is 93.7 Å². The Bertz CT molecular complexity index is 1160. The molecule has 0 spiro atoms. The van der Waals surface area contributed by atoms with Crippen LogP contribution in [0.5, 0.6) is 0 Å². The molecule has 0 radical (unpaired) electrons. The Labute approximate surface area is 376 Å². The van der Waals surface area contributed by atoms with Crippen LogP contribution in [0.15, 0.2) is 72.9 Å². The van der Waals surface area contributed by atoms with Crippen molar-refractivity contribution in [1.29, 1.82) is 0 Å². The predicted molar refractivity (Wildman–Crippen MR) is 261 cm³/mol. The van der Waals surface area contributed by atoms with E-state index in [1.165, 1.54) is 103 Å². The van der Waals surface area contributed by atoms with E-state index in [0.717, 1.165) is 89.9 Å². The molecule has 1 atom stereocenters. The van der Waals surface area contributed by atoms with Gasteiger partial charge in [0.1, 0.15) is 13.2 Å². The second kappa shape index (κ2) is 49.5. The summed E-state index contributed by atoms with van der Waals surface area (Å²) in [4.78, 5) is 37.9. The minimum Gasteiger partial charge on any atom is -0.462 e. The average Bonchev–Trinajstić information content (AvgIpc) is 3.26. The zero-order valence-electron chi connectivity index (χ0n) is 39.9. The molecule has 0 unspecified atom stereocenters. The molecule has 0 aromatic rings. The summed E-state index contributed by atoms with van der Waals surface area (Å²) < 4.78 is 16.7. The van der Waals surface area contributed by atoms with E-state index in [9.17, 15) is 14.4 Å². The van der Waals surface area contributed by atoms with Crippen molar-refractivity contribution in [1.82, 2.24) is 0 Å². The lowest BCUT2D eigenvalue weighted by molar-refractivity contribution is -0.167. The van der Waals surface area contributed by atoms with Crippen molar-refractivity contribution in [2.75, 3.05) is 13.2 Å². The van der Waals surface area contributed by atoms with E-state index in [4.69, 9.17) is 14.2 Å². The van der Waals surface area contributed by atoms with Crippen LogP contribution in [0.3, 0.4) is 0 Å². The number of rotatable bonds is 45. The predicted octanol–water partition coefficient (Wildman–Crippen LogP) is 16.6. The first-order valence-corrected chi connectivity index (χ1v) is 25.4. The van der Waals surface area contributed by atoms with Crippen LogP contribution < -0.4 is 0 Å². The molecule has 0 aliphatic carbocycles. The van der Waals surface area contributed by atoms with E-state index in [0.29, 0.717) is 19.3 Å². The van der Waals surface area contributed by atoms with Crippen molar-refractivity contribution in [3.8, 4) is 0 Å². The van der Waals surface area contributed by atoms with E-state index in [-0.39, 0.29) is 37.5 Å². The Balaban J connectivity index is 4.43. The molecule has 0 aliphatic heterocycles. The normalized spacial score (nSPS) is 12.6. The lowest BCUT2D eigenvalue weighted by Gasteiger charge is -2.18. The second-order valence-electron chi connectivity index (χ2n) is 16.7. The van der Waals surface area contributed by atoms with Crippen LogP contribution in [-0.4, -0.2) is 37.2 Å². The molecule has 350 valence electrons. The summed E-state index contributed by atoms with van der Waals surface area (Å²) in [6.07, 6.45) is 61.7. The van der Waals surface area contributed by atoms with Gasteiger partial charge in [0.2, 0.25) is 0 Å². The number of unbranched alkanes of at least 4 members (excludes halogenated alkanes) is 22. The van der Waals surface area contributed by atoms with Gasteiger partial charge in [0.25, 0.3) is 0 Å². The van der Waals surface area contributed by atoms with Crippen LogP contribution in [0, 0.1) is 0 Å². The topological polar surface area (TPSA) is 78.9 Å². The summed E-state index contributed by atoms with van der Waals surface area (Å²) in [6.45, 7) is 6.43. The van der Waals surface area contributed by atoms with Crippen LogP contribution in [0.1, 0.15) is 239 Å². The summed E-state index contributed by atoms with van der Waals surface area (Å²) in [5.41, 5.74) is 0. The SMILES string of the molecule is CC/C=C\C/C=C\C/C=C\C/C=C\CCCCC(=O)O[C@@H](COC(=O)CCCCCCC/C=C\CCCC)COC(=O)CCCCCCCCC/C=C\CCCCCCCC. The lowest BCUT2D eigenvalue weighted by atomic mass is 10.1. The average molecular weight is 851 g/mol. The highest BCUT2D eigenvalue weighted by molar-refractivity contribution is 5.71. The zero-order valence-corrected chi connectivity index (χ0v) is 39.9. The van der Waals surface area contributed by atoms with Crippen molar-refractivity contribution < 1.29 is 28.6 Å². The summed E-state index contributed by atoms with van der Waals surface area (Å²) in [5, 5.41) is 0. The highest BCUT2D eigenvalue weighted by Crippen LogP contribution is 2.14. The minimum absolute atomic E-state index is 0.0971. The molecule has 6 heteroatoms. The highest BCUT2D eigenvalue weighted by atomic mass is 16.6. The van der Waals surface area contributed by atoms with Gasteiger partial charge in [-0.25, -0.2) is 0 Å². The van der Waals surface area contributed by atoms with Gasteiger partial charge in [-0.05, 0) is 103 Å². The maximum absolute atomic E-state index is 12.8. The summed E-state index contributed by atoms with van der Waals surface area (Å²) in [6, 6.07) is 0. The third-order valence-corrected chi connectivity index (χ3v) is 10.7. The van der Waals surface area contributed by atoms with Gasteiger partial charge in [0.15, 0.2) is 6.10 Å². The van der Waals surface area contributed by atoms with Gasteiger partial charge in [-0.1, -0.05) is 190 Å². The lowest BCUT2D eigenvalue weighted by Crippen LogP contribution is -2.30. The summed E-state index contributed by atoms with van der Waals surface area (Å²) in [5.74, 6) is -0.953. The van der Waals surface area contributed by atoms with E-state index in [1.54, 1.807) is 0 Å². The summed E-state index contributed by atoms with van der Waals surface area (Å²) in [7, 11) is 0. The Kier molecular flexibility index (Phi) is 46.9. The van der Waals surface area contributed by atoms with Crippen molar-refractivity contribution >= 4 is 17.9 Å². The number of carbonyl (C=O) groups is 3. The van der Waals surface area contributed by atoms with Gasteiger partial charge < -0.3 is 14.2 Å². The minimum atomic E-state index is -0.800. The van der Waals surface area contributed by atoms with Gasteiger partial charge in [-0.15, -0.1) is 0 Å². The van der Waals surface area contributed by atoms with E-state index >= 15 is 0 Å². The number of ether oxygens (including phenoxy) is 3. The van der Waals surface area contributed by atoms with Gasteiger partial charge in [0, 0.05) is 19.3 Å². The quantitative estimate of drug-likeness (QED) is 0.0263. The number of allylic oxidation sites excluding steroid dienone is 12. The molecule has 61 heavy (non-hydrogen) atoms. The smallest absolute Gasteiger partial charge is 0.306 e. The number of hydrogen-bond donors (Lipinski definition) is 0. The fraction of sp³-hybridized carbons (Fsp3) is 0.727. The third kappa shape index (κ3) is 47.7. The summed E-state index contributed by atoms with van der Waals surface area (Å²) >= 11 is 0. The molecule has 0 aromatic carbocycles. The second-order valence-corrected chi connectivity index (χ2v) is 16.7. The number of hydrogen-bond acceptors (Lipinski definition) is 6. The van der Waals surface area contributed by atoms with Crippen molar-refractivity contribution in [3.05, 3.63) is 72.9 Å². The zero-order chi connectivity index (χ0) is 44.4. The molecule has 0 rings (SSSR count). The monoisotopic (exact) mass is 851 g/mol. The van der Waals surface area contributed by atoms with E-state index < -0.39 is 6.10 Å². The molecule has 0 bridgehead atoms. The molecule has 0 N–H and O–H groups in total. The Morgan fingerprint density at radius 1 is 0.344 bits per heavy atom. The van der Waals surface area contributed by atoms with Crippen LogP contribution >= 0.6 is 0 Å². The van der Waals surface area contributed by atoms with Crippen molar-refractivity contribution in [2.24, 2.45) is 0 Å². The molecule has 6 nitrogen and oxygen atoms in total. The molecule has 0 amide bonds.